The molecule has 0 spiro atoms. The molecule has 6 nitrogen and oxygen atoms in total. The zero-order valence-corrected chi connectivity index (χ0v) is 9.55. The molecule has 94 valence electrons. The molecule has 0 atom stereocenters. The molecule has 4 N–H and O–H groups in total. The Hall–Kier alpha value is -2.50. The SMILES string of the molecule is O=C(NCCc1cnc[nH]1)c1ccc(O)c(O)c1. The predicted octanol–water partition coefficient (Wildman–Crippen LogP) is 0.793. The standard InChI is InChI=1S/C12H13N3O3/c16-10-2-1-8(5-11(10)17)12(18)14-4-3-9-6-13-7-15-9/h1-2,5-7,16-17H,3-4H2,(H,13,15)(H,14,18). The van der Waals surface area contributed by atoms with E-state index in [4.69, 9.17) is 5.11 Å². The van der Waals surface area contributed by atoms with Gasteiger partial charge < -0.3 is 20.5 Å². The van der Waals surface area contributed by atoms with Crippen molar-refractivity contribution >= 4 is 5.91 Å². The van der Waals surface area contributed by atoms with Gasteiger partial charge in [0.2, 0.25) is 0 Å². The van der Waals surface area contributed by atoms with E-state index in [-0.39, 0.29) is 17.4 Å². The first-order valence-corrected chi connectivity index (χ1v) is 5.44. The van der Waals surface area contributed by atoms with E-state index in [1.165, 1.54) is 18.2 Å². The van der Waals surface area contributed by atoms with Gasteiger partial charge in [0.05, 0.1) is 6.33 Å². The minimum Gasteiger partial charge on any atom is -0.504 e. The number of hydrogen-bond donors (Lipinski definition) is 4. The molecule has 2 aromatic rings. The van der Waals surface area contributed by atoms with Crippen LogP contribution in [0.1, 0.15) is 16.1 Å². The second-order valence-corrected chi connectivity index (χ2v) is 3.79. The van der Waals surface area contributed by atoms with Crippen LogP contribution >= 0.6 is 0 Å². The largest absolute Gasteiger partial charge is 0.504 e. The molecule has 1 amide bonds. The molecule has 0 unspecified atom stereocenters. The Morgan fingerprint density at radius 2 is 2.17 bits per heavy atom. The summed E-state index contributed by atoms with van der Waals surface area (Å²) in [6, 6.07) is 3.95. The number of nitrogens with zero attached hydrogens (tertiary/aromatic N) is 1. The van der Waals surface area contributed by atoms with Crippen LogP contribution in [0.15, 0.2) is 30.7 Å². The fourth-order valence-electron chi connectivity index (χ4n) is 1.50. The molecular formula is C12H13N3O3. The zero-order chi connectivity index (χ0) is 13.0. The maximum atomic E-state index is 11.7. The Labute approximate surface area is 103 Å². The van der Waals surface area contributed by atoms with Gasteiger partial charge in [-0.2, -0.15) is 0 Å². The lowest BCUT2D eigenvalue weighted by Gasteiger charge is -2.05. The Kier molecular flexibility index (Phi) is 3.47. The summed E-state index contributed by atoms with van der Waals surface area (Å²) in [7, 11) is 0. The van der Waals surface area contributed by atoms with Gasteiger partial charge in [0.25, 0.3) is 5.91 Å². The maximum absolute atomic E-state index is 11.7. The van der Waals surface area contributed by atoms with E-state index in [0.29, 0.717) is 18.5 Å². The van der Waals surface area contributed by atoms with Gasteiger partial charge in [0.15, 0.2) is 11.5 Å². The molecule has 0 aliphatic heterocycles. The Morgan fingerprint density at radius 3 is 2.83 bits per heavy atom. The summed E-state index contributed by atoms with van der Waals surface area (Å²) >= 11 is 0. The summed E-state index contributed by atoms with van der Waals surface area (Å²) in [5.41, 5.74) is 1.23. The van der Waals surface area contributed by atoms with E-state index in [9.17, 15) is 9.90 Å². The third-order valence-corrected chi connectivity index (χ3v) is 2.47. The second-order valence-electron chi connectivity index (χ2n) is 3.79. The maximum Gasteiger partial charge on any atom is 0.251 e. The average Bonchev–Trinajstić information content (AvgIpc) is 2.85. The zero-order valence-electron chi connectivity index (χ0n) is 9.55. The van der Waals surface area contributed by atoms with Gasteiger partial charge in [-0.25, -0.2) is 4.98 Å². The Balaban J connectivity index is 1.89. The molecule has 0 saturated heterocycles. The number of aromatic hydroxyl groups is 2. The highest BCUT2D eigenvalue weighted by molar-refractivity contribution is 5.94. The Bertz CT molecular complexity index is 538. The third kappa shape index (κ3) is 2.79. The van der Waals surface area contributed by atoms with E-state index >= 15 is 0 Å². The summed E-state index contributed by atoms with van der Waals surface area (Å²) in [5, 5.41) is 21.1. The lowest BCUT2D eigenvalue weighted by Crippen LogP contribution is -2.25. The lowest BCUT2D eigenvalue weighted by atomic mass is 10.2. The van der Waals surface area contributed by atoms with E-state index in [0.717, 1.165) is 5.69 Å². The highest BCUT2D eigenvalue weighted by Gasteiger charge is 2.08. The van der Waals surface area contributed by atoms with E-state index in [1.54, 1.807) is 12.5 Å². The summed E-state index contributed by atoms with van der Waals surface area (Å²) in [5.74, 6) is -0.856. The number of hydrogen-bond acceptors (Lipinski definition) is 4. The second kappa shape index (κ2) is 5.22. The number of carbonyl (C=O) groups is 1. The number of nitrogens with one attached hydrogen (secondary N) is 2. The molecule has 18 heavy (non-hydrogen) atoms. The van der Waals surface area contributed by atoms with Gasteiger partial charge in [-0.1, -0.05) is 0 Å². The minimum atomic E-state index is -0.309. The highest BCUT2D eigenvalue weighted by atomic mass is 16.3. The van der Waals surface area contributed by atoms with Crippen LogP contribution in [-0.2, 0) is 6.42 Å². The van der Waals surface area contributed by atoms with Gasteiger partial charge in [-0.05, 0) is 18.2 Å². The van der Waals surface area contributed by atoms with E-state index < -0.39 is 0 Å². The number of phenolic OH excluding ortho intramolecular Hbond substituents is 2. The van der Waals surface area contributed by atoms with Crippen molar-refractivity contribution in [3.8, 4) is 11.5 Å². The van der Waals surface area contributed by atoms with Crippen molar-refractivity contribution in [3.63, 3.8) is 0 Å². The number of rotatable bonds is 4. The molecule has 0 bridgehead atoms. The number of phenols is 2. The molecule has 0 radical (unpaired) electrons. The van der Waals surface area contributed by atoms with Crippen LogP contribution in [0.4, 0.5) is 0 Å². The molecule has 0 fully saturated rings. The van der Waals surface area contributed by atoms with Crippen molar-refractivity contribution in [2.75, 3.05) is 6.54 Å². The first-order chi connectivity index (χ1) is 8.66. The number of aromatic nitrogens is 2. The van der Waals surface area contributed by atoms with Crippen LogP contribution in [0.2, 0.25) is 0 Å². The van der Waals surface area contributed by atoms with Gasteiger partial charge in [0.1, 0.15) is 0 Å². The summed E-state index contributed by atoms with van der Waals surface area (Å²) in [4.78, 5) is 18.5. The molecule has 2 rings (SSSR count). The lowest BCUT2D eigenvalue weighted by molar-refractivity contribution is 0.0953. The molecule has 1 aromatic heterocycles. The number of carbonyl (C=O) groups excluding carboxylic acids is 1. The number of H-pyrrole nitrogens is 1. The van der Waals surface area contributed by atoms with Crippen LogP contribution in [0.5, 0.6) is 11.5 Å². The van der Waals surface area contributed by atoms with Crippen molar-refractivity contribution in [3.05, 3.63) is 42.0 Å². The molecule has 1 heterocycles. The van der Waals surface area contributed by atoms with Crippen molar-refractivity contribution in [2.45, 2.75) is 6.42 Å². The molecule has 0 saturated carbocycles. The van der Waals surface area contributed by atoms with Crippen LogP contribution in [0.25, 0.3) is 0 Å². The summed E-state index contributed by atoms with van der Waals surface area (Å²) in [6.45, 7) is 0.461. The Morgan fingerprint density at radius 1 is 1.33 bits per heavy atom. The first-order valence-electron chi connectivity index (χ1n) is 5.44. The number of aromatic amines is 1. The fraction of sp³-hybridized carbons (Fsp3) is 0.167. The van der Waals surface area contributed by atoms with Crippen molar-refractivity contribution in [1.29, 1.82) is 0 Å². The van der Waals surface area contributed by atoms with Gasteiger partial charge >= 0.3 is 0 Å². The van der Waals surface area contributed by atoms with Gasteiger partial charge in [0, 0.05) is 30.4 Å². The summed E-state index contributed by atoms with van der Waals surface area (Å²) in [6.07, 6.45) is 3.92. The summed E-state index contributed by atoms with van der Waals surface area (Å²) < 4.78 is 0. The average molecular weight is 247 g/mol. The normalized spacial score (nSPS) is 10.2. The highest BCUT2D eigenvalue weighted by Crippen LogP contribution is 2.24. The molecular weight excluding hydrogens is 234 g/mol. The van der Waals surface area contributed by atoms with Crippen LogP contribution in [0.3, 0.4) is 0 Å². The minimum absolute atomic E-state index is 0.246. The predicted molar refractivity (Wildman–Crippen MR) is 64.4 cm³/mol. The van der Waals surface area contributed by atoms with Crippen molar-refractivity contribution in [1.82, 2.24) is 15.3 Å². The quantitative estimate of drug-likeness (QED) is 0.600. The molecule has 0 aliphatic carbocycles. The molecule has 0 aliphatic rings. The first kappa shape index (κ1) is 12.0. The topological polar surface area (TPSA) is 98.2 Å². The van der Waals surface area contributed by atoms with Gasteiger partial charge in [-0.3, -0.25) is 4.79 Å². The fourth-order valence-corrected chi connectivity index (χ4v) is 1.50. The van der Waals surface area contributed by atoms with Crippen molar-refractivity contribution < 1.29 is 15.0 Å². The van der Waals surface area contributed by atoms with E-state index in [1.807, 2.05) is 0 Å². The third-order valence-electron chi connectivity index (χ3n) is 2.47. The smallest absolute Gasteiger partial charge is 0.251 e. The number of benzene rings is 1. The van der Waals surface area contributed by atoms with Crippen LogP contribution in [0, 0.1) is 0 Å². The number of amides is 1. The van der Waals surface area contributed by atoms with Crippen molar-refractivity contribution in [2.24, 2.45) is 0 Å². The van der Waals surface area contributed by atoms with Crippen LogP contribution < -0.4 is 5.32 Å². The monoisotopic (exact) mass is 247 g/mol. The van der Waals surface area contributed by atoms with Crippen LogP contribution in [-0.4, -0.2) is 32.6 Å². The number of imidazole rings is 1. The molecule has 6 heteroatoms. The van der Waals surface area contributed by atoms with E-state index in [2.05, 4.69) is 15.3 Å². The molecule has 1 aromatic carbocycles. The van der Waals surface area contributed by atoms with Gasteiger partial charge in [-0.15, -0.1) is 0 Å².